The third-order valence-electron chi connectivity index (χ3n) is 5.77. The first-order valence-electron chi connectivity index (χ1n) is 11.2. The molecule has 6 heteroatoms. The van der Waals surface area contributed by atoms with Gasteiger partial charge in [0.1, 0.15) is 17.6 Å². The highest BCUT2D eigenvalue weighted by molar-refractivity contribution is 5.88. The van der Waals surface area contributed by atoms with Crippen LogP contribution in [0.25, 0.3) is 0 Å². The number of hydrogen-bond acceptors (Lipinski definition) is 3. The minimum absolute atomic E-state index is 0.00786. The molecule has 1 N–H and O–H groups in total. The molecule has 0 aliphatic rings. The summed E-state index contributed by atoms with van der Waals surface area (Å²) in [7, 11) is 0. The van der Waals surface area contributed by atoms with Gasteiger partial charge in [-0.2, -0.15) is 0 Å². The van der Waals surface area contributed by atoms with Crippen LogP contribution in [0.5, 0.6) is 5.75 Å². The fraction of sp³-hybridized carbons (Fsp3) is 0.462. The quantitative estimate of drug-likeness (QED) is 0.572. The molecule has 0 saturated heterocycles. The number of carbonyl (C=O) groups is 2. The molecule has 0 heterocycles. The second kappa shape index (κ2) is 11.7. The molecule has 0 saturated carbocycles. The third kappa shape index (κ3) is 6.81. The van der Waals surface area contributed by atoms with Crippen molar-refractivity contribution in [1.82, 2.24) is 10.2 Å². The second-order valence-electron chi connectivity index (χ2n) is 8.38. The van der Waals surface area contributed by atoms with Crippen LogP contribution in [0, 0.1) is 26.6 Å². The molecule has 2 aromatic carbocycles. The zero-order valence-electron chi connectivity index (χ0n) is 20.0. The summed E-state index contributed by atoms with van der Waals surface area (Å²) in [6.45, 7) is 11.8. The van der Waals surface area contributed by atoms with Crippen molar-refractivity contribution in [2.45, 2.75) is 73.0 Å². The van der Waals surface area contributed by atoms with E-state index in [0.717, 1.165) is 28.7 Å². The van der Waals surface area contributed by atoms with Crippen molar-refractivity contribution >= 4 is 11.8 Å². The Balaban J connectivity index is 2.26. The number of carbonyl (C=O) groups excluding carboxylic acids is 2. The number of nitrogens with zero attached hydrogens (tertiary/aromatic N) is 1. The molecule has 0 radical (unpaired) electrons. The number of benzene rings is 2. The van der Waals surface area contributed by atoms with E-state index in [1.807, 2.05) is 47.6 Å². The summed E-state index contributed by atoms with van der Waals surface area (Å²) in [6.07, 6.45) is 1.25. The van der Waals surface area contributed by atoms with Crippen molar-refractivity contribution in [1.29, 1.82) is 0 Å². The Bertz CT molecular complexity index is 927. The zero-order valence-corrected chi connectivity index (χ0v) is 20.0. The Labute approximate surface area is 191 Å². The summed E-state index contributed by atoms with van der Waals surface area (Å²) in [4.78, 5) is 27.8. The van der Waals surface area contributed by atoms with Gasteiger partial charge in [0.05, 0.1) is 0 Å². The molecule has 2 amide bonds. The Morgan fingerprint density at radius 2 is 1.72 bits per heavy atom. The molecule has 2 atom stereocenters. The largest absolute Gasteiger partial charge is 0.483 e. The number of rotatable bonds is 10. The van der Waals surface area contributed by atoms with Crippen molar-refractivity contribution in [3.8, 4) is 5.75 Å². The lowest BCUT2D eigenvalue weighted by atomic mass is 10.1. The van der Waals surface area contributed by atoms with Gasteiger partial charge in [0.2, 0.25) is 5.91 Å². The molecule has 2 aromatic rings. The Morgan fingerprint density at radius 1 is 1.06 bits per heavy atom. The molecule has 0 unspecified atom stereocenters. The van der Waals surface area contributed by atoms with Gasteiger partial charge < -0.3 is 15.0 Å². The van der Waals surface area contributed by atoms with Gasteiger partial charge in [0.25, 0.3) is 5.91 Å². The molecule has 5 nitrogen and oxygen atoms in total. The van der Waals surface area contributed by atoms with Gasteiger partial charge in [0.15, 0.2) is 6.61 Å². The Kier molecular flexibility index (Phi) is 9.24. The standard InChI is InChI=1S/C26H35FN2O3/c1-7-19(5)28-26(31)23(8-2)29(15-21-9-11-22(27)12-10-21)25(30)16-32-24-14-17(3)13-18(4)20(24)6/h9-14,19,23H,7-8,15-16H2,1-6H3,(H,28,31)/t19-,23+/m1/s1. The third-order valence-corrected chi connectivity index (χ3v) is 5.77. The lowest BCUT2D eigenvalue weighted by Crippen LogP contribution is -2.51. The lowest BCUT2D eigenvalue weighted by Gasteiger charge is -2.31. The molecule has 0 aliphatic carbocycles. The SMILES string of the molecule is CC[C@@H](C)NC(=O)[C@H](CC)N(Cc1ccc(F)cc1)C(=O)COc1cc(C)cc(C)c1C. The number of aryl methyl sites for hydroxylation is 2. The van der Waals surface area contributed by atoms with E-state index >= 15 is 0 Å². The number of ether oxygens (including phenoxy) is 1. The van der Waals surface area contributed by atoms with Crippen molar-refractivity contribution in [2.24, 2.45) is 0 Å². The van der Waals surface area contributed by atoms with Crippen LogP contribution < -0.4 is 10.1 Å². The zero-order chi connectivity index (χ0) is 23.8. The van der Waals surface area contributed by atoms with E-state index in [0.29, 0.717) is 12.2 Å². The highest BCUT2D eigenvalue weighted by Gasteiger charge is 2.29. The van der Waals surface area contributed by atoms with Gasteiger partial charge in [-0.25, -0.2) is 4.39 Å². The van der Waals surface area contributed by atoms with Gasteiger partial charge in [-0.3, -0.25) is 9.59 Å². The molecular weight excluding hydrogens is 407 g/mol. The van der Waals surface area contributed by atoms with Gasteiger partial charge in [0, 0.05) is 12.6 Å². The maximum absolute atomic E-state index is 13.4. The fourth-order valence-electron chi connectivity index (χ4n) is 3.52. The molecule has 2 rings (SSSR count). The van der Waals surface area contributed by atoms with Crippen LogP contribution in [0.4, 0.5) is 4.39 Å². The number of halogens is 1. The molecule has 0 bridgehead atoms. The highest BCUT2D eigenvalue weighted by atomic mass is 19.1. The monoisotopic (exact) mass is 442 g/mol. The Hall–Kier alpha value is -2.89. The van der Waals surface area contributed by atoms with Crippen LogP contribution >= 0.6 is 0 Å². The van der Waals surface area contributed by atoms with E-state index in [4.69, 9.17) is 4.74 Å². The minimum atomic E-state index is -0.648. The van der Waals surface area contributed by atoms with Gasteiger partial charge >= 0.3 is 0 Å². The first kappa shape index (κ1) is 25.4. The van der Waals surface area contributed by atoms with E-state index in [1.165, 1.54) is 17.0 Å². The van der Waals surface area contributed by atoms with Crippen LogP contribution in [0.15, 0.2) is 36.4 Å². The summed E-state index contributed by atoms with van der Waals surface area (Å²) in [5.41, 5.74) is 3.88. The average Bonchev–Trinajstić information content (AvgIpc) is 2.76. The van der Waals surface area contributed by atoms with Crippen LogP contribution in [-0.4, -0.2) is 35.4 Å². The first-order valence-corrected chi connectivity index (χ1v) is 11.2. The van der Waals surface area contributed by atoms with E-state index in [2.05, 4.69) is 11.4 Å². The molecule has 174 valence electrons. The van der Waals surface area contributed by atoms with Crippen molar-refractivity contribution < 1.29 is 18.7 Å². The average molecular weight is 443 g/mol. The highest BCUT2D eigenvalue weighted by Crippen LogP contribution is 2.23. The fourth-order valence-corrected chi connectivity index (χ4v) is 3.52. The number of hydrogen-bond donors (Lipinski definition) is 1. The van der Waals surface area contributed by atoms with Crippen LogP contribution in [0.1, 0.15) is 55.9 Å². The van der Waals surface area contributed by atoms with E-state index in [1.54, 1.807) is 12.1 Å². The van der Waals surface area contributed by atoms with Crippen LogP contribution in [0.3, 0.4) is 0 Å². The van der Waals surface area contributed by atoms with Gasteiger partial charge in [-0.1, -0.05) is 32.0 Å². The molecule has 0 aliphatic heterocycles. The van der Waals surface area contributed by atoms with Crippen LogP contribution in [0.2, 0.25) is 0 Å². The predicted octanol–water partition coefficient (Wildman–Crippen LogP) is 4.85. The molecule has 0 spiro atoms. The maximum atomic E-state index is 13.4. The number of amides is 2. The molecule has 0 fully saturated rings. The second-order valence-corrected chi connectivity index (χ2v) is 8.38. The summed E-state index contributed by atoms with van der Waals surface area (Å²) >= 11 is 0. The normalized spacial score (nSPS) is 12.7. The lowest BCUT2D eigenvalue weighted by molar-refractivity contribution is -0.143. The summed E-state index contributed by atoms with van der Waals surface area (Å²) in [5, 5.41) is 2.98. The summed E-state index contributed by atoms with van der Waals surface area (Å²) in [5.74, 6) is -0.171. The smallest absolute Gasteiger partial charge is 0.261 e. The Morgan fingerprint density at radius 3 is 2.31 bits per heavy atom. The maximum Gasteiger partial charge on any atom is 0.261 e. The van der Waals surface area contributed by atoms with E-state index < -0.39 is 6.04 Å². The number of nitrogens with one attached hydrogen (secondary N) is 1. The van der Waals surface area contributed by atoms with Crippen molar-refractivity contribution in [3.05, 3.63) is 64.5 Å². The van der Waals surface area contributed by atoms with E-state index in [-0.39, 0.29) is 36.8 Å². The summed E-state index contributed by atoms with van der Waals surface area (Å²) in [6, 6.07) is 9.30. The summed E-state index contributed by atoms with van der Waals surface area (Å²) < 4.78 is 19.3. The van der Waals surface area contributed by atoms with Crippen molar-refractivity contribution in [2.75, 3.05) is 6.61 Å². The molecular formula is C26H35FN2O3. The van der Waals surface area contributed by atoms with E-state index in [9.17, 15) is 14.0 Å². The molecule has 0 aromatic heterocycles. The van der Waals surface area contributed by atoms with Gasteiger partial charge in [-0.05, 0) is 81.0 Å². The van der Waals surface area contributed by atoms with Crippen LogP contribution in [-0.2, 0) is 16.1 Å². The van der Waals surface area contributed by atoms with Crippen molar-refractivity contribution in [3.63, 3.8) is 0 Å². The van der Waals surface area contributed by atoms with Gasteiger partial charge in [-0.15, -0.1) is 0 Å². The predicted molar refractivity (Wildman–Crippen MR) is 125 cm³/mol. The first-order chi connectivity index (χ1) is 15.2. The topological polar surface area (TPSA) is 58.6 Å². The molecule has 32 heavy (non-hydrogen) atoms. The minimum Gasteiger partial charge on any atom is -0.483 e.